The van der Waals surface area contributed by atoms with Crippen molar-refractivity contribution in [1.82, 2.24) is 5.32 Å². The van der Waals surface area contributed by atoms with Crippen molar-refractivity contribution in [1.29, 1.82) is 0 Å². The molecule has 1 atom stereocenters. The summed E-state index contributed by atoms with van der Waals surface area (Å²) in [4.78, 5) is 37.8. The molecule has 3 rings (SSSR count). The number of ether oxygens (including phenoxy) is 2. The van der Waals surface area contributed by atoms with Crippen molar-refractivity contribution in [2.45, 2.75) is 19.4 Å². The van der Waals surface area contributed by atoms with E-state index in [2.05, 4.69) is 5.32 Å². The largest absolute Gasteiger partial charge is 0.491 e. The predicted molar refractivity (Wildman–Crippen MR) is 103 cm³/mol. The molecule has 1 aliphatic rings. The zero-order chi connectivity index (χ0) is 21.7. The van der Waals surface area contributed by atoms with Gasteiger partial charge < -0.3 is 14.8 Å². The number of hydrogen-bond acceptors (Lipinski definition) is 5. The number of benzene rings is 2. The van der Waals surface area contributed by atoms with Crippen LogP contribution >= 0.6 is 0 Å². The maximum Gasteiger partial charge on any atom is 0.326 e. The lowest BCUT2D eigenvalue weighted by Crippen LogP contribution is -2.38. The van der Waals surface area contributed by atoms with E-state index in [9.17, 15) is 23.2 Å². The Labute approximate surface area is 171 Å². The minimum absolute atomic E-state index is 0.0999. The number of hydrogen-bond donors (Lipinski definition) is 1. The minimum Gasteiger partial charge on any atom is -0.491 e. The lowest BCUT2D eigenvalue weighted by atomic mass is 10.1. The van der Waals surface area contributed by atoms with Crippen LogP contribution in [0.3, 0.4) is 0 Å². The molecular formula is C21H20F2N2O5. The zero-order valence-electron chi connectivity index (χ0n) is 16.2. The Morgan fingerprint density at radius 2 is 2.00 bits per heavy atom. The number of carbonyl (C=O) groups excluding carboxylic acids is 3. The summed E-state index contributed by atoms with van der Waals surface area (Å²) in [6.45, 7) is 0.727. The van der Waals surface area contributed by atoms with Gasteiger partial charge in [0.2, 0.25) is 5.91 Å². The van der Waals surface area contributed by atoms with Crippen LogP contribution in [-0.2, 0) is 19.1 Å². The molecule has 0 fully saturated rings. The first-order valence-electron chi connectivity index (χ1n) is 9.27. The summed E-state index contributed by atoms with van der Waals surface area (Å²) >= 11 is 0. The Morgan fingerprint density at radius 1 is 1.23 bits per heavy atom. The fourth-order valence-electron chi connectivity index (χ4n) is 3.03. The highest BCUT2D eigenvalue weighted by atomic mass is 19.1. The minimum atomic E-state index is -0.791. The average molecular weight is 418 g/mol. The molecule has 2 amide bonds. The summed E-state index contributed by atoms with van der Waals surface area (Å²) in [7, 11) is 0. The smallest absolute Gasteiger partial charge is 0.326 e. The van der Waals surface area contributed by atoms with Crippen LogP contribution in [-0.4, -0.2) is 37.5 Å². The molecule has 0 aromatic heterocycles. The molecule has 0 spiro atoms. The van der Waals surface area contributed by atoms with Gasteiger partial charge in [-0.1, -0.05) is 18.2 Å². The van der Waals surface area contributed by atoms with E-state index in [1.165, 1.54) is 17.9 Å². The van der Waals surface area contributed by atoms with Crippen LogP contribution < -0.4 is 15.0 Å². The van der Waals surface area contributed by atoms with Crippen molar-refractivity contribution in [3.05, 3.63) is 59.7 Å². The second-order valence-corrected chi connectivity index (χ2v) is 6.66. The van der Waals surface area contributed by atoms with E-state index in [4.69, 9.17) is 9.47 Å². The Bertz CT molecular complexity index is 966. The van der Waals surface area contributed by atoms with Gasteiger partial charge >= 0.3 is 5.97 Å². The molecule has 0 bridgehead atoms. The second-order valence-electron chi connectivity index (χ2n) is 6.66. The summed E-state index contributed by atoms with van der Waals surface area (Å²) in [5.41, 5.74) is 0.546. The summed E-state index contributed by atoms with van der Waals surface area (Å²) in [6.07, 6.45) is 0.100. The molecule has 9 heteroatoms. The van der Waals surface area contributed by atoms with Crippen molar-refractivity contribution in [2.24, 2.45) is 0 Å². The maximum absolute atomic E-state index is 13.8. The summed E-state index contributed by atoms with van der Waals surface area (Å²) in [5, 5.41) is 2.47. The van der Waals surface area contributed by atoms with Gasteiger partial charge in [-0.25, -0.2) is 8.78 Å². The van der Waals surface area contributed by atoms with Gasteiger partial charge in [0.05, 0.1) is 24.8 Å². The van der Waals surface area contributed by atoms with Gasteiger partial charge in [-0.05, 0) is 25.1 Å². The third kappa shape index (κ3) is 5.11. The highest BCUT2D eigenvalue weighted by Crippen LogP contribution is 2.30. The average Bonchev–Trinajstić information content (AvgIpc) is 2.85. The van der Waals surface area contributed by atoms with Gasteiger partial charge in [-0.15, -0.1) is 0 Å². The third-order valence-corrected chi connectivity index (χ3v) is 4.49. The van der Waals surface area contributed by atoms with Crippen LogP contribution in [0.1, 0.15) is 24.9 Å². The standard InChI is InChI=1S/C21H20F2N2O5/c1-13(15-7-6-14(22)10-16(15)23)24-19(26)12-30-21(28)11-25-17-4-2-3-5-18(17)29-9-8-20(25)27/h2-7,10,13H,8-9,11-12H2,1H3,(H,24,26)/t13-/m1/s1. The molecule has 1 N–H and O–H groups in total. The number of rotatable bonds is 6. The highest BCUT2D eigenvalue weighted by molar-refractivity contribution is 5.99. The molecule has 0 saturated heterocycles. The first kappa shape index (κ1) is 21.2. The Morgan fingerprint density at radius 3 is 2.77 bits per heavy atom. The molecule has 7 nitrogen and oxygen atoms in total. The van der Waals surface area contributed by atoms with Gasteiger partial charge in [0, 0.05) is 11.6 Å². The van der Waals surface area contributed by atoms with Crippen LogP contribution in [0.4, 0.5) is 14.5 Å². The lowest BCUT2D eigenvalue weighted by Gasteiger charge is -2.21. The van der Waals surface area contributed by atoms with Gasteiger partial charge in [-0.2, -0.15) is 0 Å². The molecule has 158 valence electrons. The number of carbonyl (C=O) groups is 3. The summed E-state index contributed by atoms with van der Waals surface area (Å²) in [6, 6.07) is 9.08. The maximum atomic E-state index is 13.8. The Balaban J connectivity index is 1.55. The molecule has 0 saturated carbocycles. The Kier molecular flexibility index (Phi) is 6.61. The summed E-state index contributed by atoms with van der Waals surface area (Å²) < 4.78 is 37.2. The number of nitrogens with one attached hydrogen (secondary N) is 1. The third-order valence-electron chi connectivity index (χ3n) is 4.49. The van der Waals surface area contributed by atoms with Crippen molar-refractivity contribution in [3.63, 3.8) is 0 Å². The van der Waals surface area contributed by atoms with Crippen LogP contribution in [0, 0.1) is 11.6 Å². The zero-order valence-corrected chi connectivity index (χ0v) is 16.2. The molecule has 0 unspecified atom stereocenters. The molecule has 30 heavy (non-hydrogen) atoms. The number of anilines is 1. The van der Waals surface area contributed by atoms with Crippen molar-refractivity contribution >= 4 is 23.5 Å². The molecular weight excluding hydrogens is 398 g/mol. The quantitative estimate of drug-likeness (QED) is 0.729. The fraction of sp³-hybridized carbons (Fsp3) is 0.286. The monoisotopic (exact) mass is 418 g/mol. The van der Waals surface area contributed by atoms with E-state index in [-0.39, 0.29) is 31.0 Å². The van der Waals surface area contributed by atoms with Crippen molar-refractivity contribution in [2.75, 3.05) is 24.7 Å². The van der Waals surface area contributed by atoms with E-state index < -0.39 is 36.2 Å². The number of nitrogens with zero attached hydrogens (tertiary/aromatic N) is 1. The highest BCUT2D eigenvalue weighted by Gasteiger charge is 2.26. The first-order valence-corrected chi connectivity index (χ1v) is 9.27. The van der Waals surface area contributed by atoms with Gasteiger partial charge in [0.1, 0.15) is 23.9 Å². The number of para-hydroxylation sites is 2. The van der Waals surface area contributed by atoms with Gasteiger partial charge in [0.25, 0.3) is 5.91 Å². The first-order chi connectivity index (χ1) is 14.3. The molecule has 2 aromatic rings. The van der Waals surface area contributed by atoms with Gasteiger partial charge in [-0.3, -0.25) is 19.3 Å². The van der Waals surface area contributed by atoms with E-state index >= 15 is 0 Å². The van der Waals surface area contributed by atoms with E-state index in [0.29, 0.717) is 11.4 Å². The van der Waals surface area contributed by atoms with E-state index in [0.717, 1.165) is 12.1 Å². The fourth-order valence-corrected chi connectivity index (χ4v) is 3.03. The van der Waals surface area contributed by atoms with Crippen molar-refractivity contribution < 1.29 is 32.6 Å². The molecule has 2 aromatic carbocycles. The number of amides is 2. The number of halogens is 2. The second kappa shape index (κ2) is 9.34. The summed E-state index contributed by atoms with van der Waals surface area (Å²) in [5.74, 6) is -2.79. The van der Waals surface area contributed by atoms with Crippen LogP contribution in [0.15, 0.2) is 42.5 Å². The predicted octanol–water partition coefficient (Wildman–Crippen LogP) is 2.50. The topological polar surface area (TPSA) is 84.9 Å². The SMILES string of the molecule is C[C@@H](NC(=O)COC(=O)CN1C(=O)CCOc2ccccc21)c1ccc(F)cc1F. The van der Waals surface area contributed by atoms with Gasteiger partial charge in [0.15, 0.2) is 6.61 Å². The van der Waals surface area contributed by atoms with Crippen molar-refractivity contribution in [3.8, 4) is 5.75 Å². The van der Waals surface area contributed by atoms with Crippen LogP contribution in [0.25, 0.3) is 0 Å². The van der Waals surface area contributed by atoms with Crippen LogP contribution in [0.5, 0.6) is 5.75 Å². The molecule has 1 heterocycles. The number of fused-ring (bicyclic) bond motifs is 1. The van der Waals surface area contributed by atoms with Crippen LogP contribution in [0.2, 0.25) is 0 Å². The molecule has 1 aliphatic heterocycles. The molecule has 0 aliphatic carbocycles. The van der Waals surface area contributed by atoms with E-state index in [1.807, 2.05) is 0 Å². The normalized spacial score (nSPS) is 14.2. The Hall–Kier alpha value is -3.49. The lowest BCUT2D eigenvalue weighted by molar-refractivity contribution is -0.147. The molecule has 0 radical (unpaired) electrons. The van der Waals surface area contributed by atoms with E-state index in [1.54, 1.807) is 24.3 Å². The number of esters is 1.